The monoisotopic (exact) mass is 264 g/mol. The maximum absolute atomic E-state index is 5.88. The Bertz CT molecular complexity index is 424. The van der Waals surface area contributed by atoms with E-state index in [2.05, 4.69) is 28.8 Å². The predicted molar refractivity (Wildman–Crippen MR) is 78.7 cm³/mol. The molecule has 1 atom stereocenters. The summed E-state index contributed by atoms with van der Waals surface area (Å²) in [6, 6.07) is 4.31. The van der Waals surface area contributed by atoms with Gasteiger partial charge >= 0.3 is 0 Å². The third-order valence-corrected chi connectivity index (χ3v) is 3.50. The quantitative estimate of drug-likeness (QED) is 0.898. The summed E-state index contributed by atoms with van der Waals surface area (Å²) in [5, 5.41) is 0. The molecule has 0 spiro atoms. The summed E-state index contributed by atoms with van der Waals surface area (Å²) in [7, 11) is 2.17. The molecule has 0 bridgehead atoms. The van der Waals surface area contributed by atoms with Gasteiger partial charge in [0, 0.05) is 19.1 Å². The smallest absolute Gasteiger partial charge is 0.239 e. The standard InChI is InChI=1S/C14H24N4O/c1-4-19-14-12(15)6-7-13(16-14)18-9-5-8-17(3)10-11(18)2/h6-7,11H,4-5,8-10,15H2,1-3H3. The van der Waals surface area contributed by atoms with Crippen LogP contribution in [0.3, 0.4) is 0 Å². The maximum Gasteiger partial charge on any atom is 0.239 e. The highest BCUT2D eigenvalue weighted by Crippen LogP contribution is 2.25. The Morgan fingerprint density at radius 3 is 2.95 bits per heavy atom. The third kappa shape index (κ3) is 3.29. The van der Waals surface area contributed by atoms with Crippen LogP contribution in [0.15, 0.2) is 12.1 Å². The van der Waals surface area contributed by atoms with Crippen molar-refractivity contribution in [1.82, 2.24) is 9.88 Å². The van der Waals surface area contributed by atoms with Crippen molar-refractivity contribution in [2.45, 2.75) is 26.3 Å². The molecule has 1 fully saturated rings. The number of pyridine rings is 1. The van der Waals surface area contributed by atoms with Crippen LogP contribution in [-0.4, -0.2) is 49.2 Å². The number of anilines is 2. The summed E-state index contributed by atoms with van der Waals surface area (Å²) in [5.74, 6) is 1.50. The molecule has 106 valence electrons. The molecule has 1 saturated heterocycles. The van der Waals surface area contributed by atoms with Gasteiger partial charge in [-0.05, 0) is 46.0 Å². The van der Waals surface area contributed by atoms with Crippen LogP contribution in [0.5, 0.6) is 5.88 Å². The minimum Gasteiger partial charge on any atom is -0.476 e. The number of nitrogens with zero attached hydrogens (tertiary/aromatic N) is 3. The summed E-state index contributed by atoms with van der Waals surface area (Å²) in [5.41, 5.74) is 6.48. The van der Waals surface area contributed by atoms with Crippen LogP contribution < -0.4 is 15.4 Å². The molecule has 1 aliphatic heterocycles. The van der Waals surface area contributed by atoms with Gasteiger partial charge in [-0.15, -0.1) is 0 Å². The van der Waals surface area contributed by atoms with E-state index in [9.17, 15) is 0 Å². The number of rotatable bonds is 3. The van der Waals surface area contributed by atoms with Gasteiger partial charge in [0.05, 0.1) is 12.3 Å². The predicted octanol–water partition coefficient (Wildman–Crippen LogP) is 1.59. The maximum atomic E-state index is 5.88. The Hall–Kier alpha value is -1.49. The molecule has 2 rings (SSSR count). The van der Waals surface area contributed by atoms with Crippen LogP contribution >= 0.6 is 0 Å². The summed E-state index contributed by atoms with van der Waals surface area (Å²) < 4.78 is 5.48. The van der Waals surface area contributed by atoms with Crippen molar-refractivity contribution in [3.63, 3.8) is 0 Å². The fourth-order valence-corrected chi connectivity index (χ4v) is 2.57. The second-order valence-electron chi connectivity index (χ2n) is 5.16. The van der Waals surface area contributed by atoms with Crippen LogP contribution in [0.2, 0.25) is 0 Å². The third-order valence-electron chi connectivity index (χ3n) is 3.50. The molecule has 0 saturated carbocycles. The summed E-state index contributed by atoms with van der Waals surface area (Å²) >= 11 is 0. The van der Waals surface area contributed by atoms with Gasteiger partial charge in [-0.1, -0.05) is 0 Å². The van der Waals surface area contributed by atoms with Crippen molar-refractivity contribution >= 4 is 11.5 Å². The summed E-state index contributed by atoms with van der Waals surface area (Å²) in [4.78, 5) is 9.27. The summed E-state index contributed by atoms with van der Waals surface area (Å²) in [6.45, 7) is 7.97. The Morgan fingerprint density at radius 2 is 2.21 bits per heavy atom. The molecule has 1 aliphatic rings. The molecule has 1 aromatic rings. The minimum absolute atomic E-state index is 0.443. The van der Waals surface area contributed by atoms with E-state index < -0.39 is 0 Å². The van der Waals surface area contributed by atoms with Crippen molar-refractivity contribution in [3.8, 4) is 5.88 Å². The molecule has 5 heteroatoms. The summed E-state index contributed by atoms with van der Waals surface area (Å²) in [6.07, 6.45) is 1.15. The van der Waals surface area contributed by atoms with E-state index in [1.54, 1.807) is 0 Å². The van der Waals surface area contributed by atoms with E-state index in [1.807, 2.05) is 19.1 Å². The molecule has 0 aliphatic carbocycles. The number of likely N-dealkylation sites (N-methyl/N-ethyl adjacent to an activating group) is 1. The second-order valence-corrected chi connectivity index (χ2v) is 5.16. The molecule has 0 amide bonds. The molecule has 0 aromatic carbocycles. The molecule has 1 unspecified atom stereocenters. The Balaban J connectivity index is 2.22. The van der Waals surface area contributed by atoms with Crippen LogP contribution in [-0.2, 0) is 0 Å². The molecular weight excluding hydrogens is 240 g/mol. The zero-order valence-electron chi connectivity index (χ0n) is 12.1. The number of ether oxygens (including phenoxy) is 1. The lowest BCUT2D eigenvalue weighted by Crippen LogP contribution is -2.38. The molecule has 2 N–H and O–H groups in total. The van der Waals surface area contributed by atoms with E-state index in [-0.39, 0.29) is 0 Å². The van der Waals surface area contributed by atoms with Crippen LogP contribution in [0.4, 0.5) is 11.5 Å². The number of nitrogen functional groups attached to an aromatic ring is 1. The molecular formula is C14H24N4O. The van der Waals surface area contributed by atoms with Crippen molar-refractivity contribution in [2.75, 3.05) is 43.9 Å². The molecule has 5 nitrogen and oxygen atoms in total. The normalized spacial score (nSPS) is 21.2. The van der Waals surface area contributed by atoms with E-state index in [1.165, 1.54) is 0 Å². The number of nitrogens with two attached hydrogens (primary N) is 1. The zero-order chi connectivity index (χ0) is 13.8. The van der Waals surface area contributed by atoms with E-state index in [0.717, 1.165) is 31.9 Å². The number of aromatic nitrogens is 1. The lowest BCUT2D eigenvalue weighted by molar-refractivity contribution is 0.327. The minimum atomic E-state index is 0.443. The Morgan fingerprint density at radius 1 is 1.42 bits per heavy atom. The van der Waals surface area contributed by atoms with Crippen LogP contribution in [0, 0.1) is 0 Å². The molecule has 19 heavy (non-hydrogen) atoms. The van der Waals surface area contributed by atoms with Crippen molar-refractivity contribution in [3.05, 3.63) is 12.1 Å². The average molecular weight is 264 g/mol. The molecule has 2 heterocycles. The molecule has 1 aromatic heterocycles. The van der Waals surface area contributed by atoms with Gasteiger partial charge in [-0.3, -0.25) is 0 Å². The first kappa shape index (κ1) is 13.9. The van der Waals surface area contributed by atoms with E-state index >= 15 is 0 Å². The number of hydrogen-bond acceptors (Lipinski definition) is 5. The van der Waals surface area contributed by atoms with Crippen molar-refractivity contribution < 1.29 is 4.74 Å². The van der Waals surface area contributed by atoms with Gasteiger partial charge in [0.2, 0.25) is 5.88 Å². The highest BCUT2D eigenvalue weighted by molar-refractivity contribution is 5.55. The van der Waals surface area contributed by atoms with Gasteiger partial charge in [0.15, 0.2) is 0 Å². The zero-order valence-corrected chi connectivity index (χ0v) is 12.1. The largest absolute Gasteiger partial charge is 0.476 e. The van der Waals surface area contributed by atoms with Gasteiger partial charge in [0.1, 0.15) is 5.82 Å². The Kier molecular flexibility index (Phi) is 4.47. The first-order valence-electron chi connectivity index (χ1n) is 6.96. The SMILES string of the molecule is CCOc1nc(N2CCCN(C)CC2C)ccc1N. The van der Waals surface area contributed by atoms with E-state index in [0.29, 0.717) is 24.2 Å². The fraction of sp³-hybridized carbons (Fsp3) is 0.643. The lowest BCUT2D eigenvalue weighted by Gasteiger charge is -2.29. The van der Waals surface area contributed by atoms with Gasteiger partial charge in [0.25, 0.3) is 0 Å². The average Bonchev–Trinajstić information content (AvgIpc) is 2.53. The topological polar surface area (TPSA) is 54.6 Å². The lowest BCUT2D eigenvalue weighted by atomic mass is 10.2. The first-order chi connectivity index (χ1) is 9.11. The van der Waals surface area contributed by atoms with Gasteiger partial charge in [-0.25, -0.2) is 0 Å². The van der Waals surface area contributed by atoms with Gasteiger partial charge in [-0.2, -0.15) is 4.98 Å². The van der Waals surface area contributed by atoms with Crippen LogP contribution in [0.1, 0.15) is 20.3 Å². The molecule has 0 radical (unpaired) electrons. The second kappa shape index (κ2) is 6.10. The van der Waals surface area contributed by atoms with Crippen molar-refractivity contribution in [2.24, 2.45) is 0 Å². The van der Waals surface area contributed by atoms with Gasteiger partial charge < -0.3 is 20.3 Å². The van der Waals surface area contributed by atoms with E-state index in [4.69, 9.17) is 10.5 Å². The Labute approximate surface area is 115 Å². The first-order valence-corrected chi connectivity index (χ1v) is 6.96. The van der Waals surface area contributed by atoms with Crippen molar-refractivity contribution in [1.29, 1.82) is 0 Å². The van der Waals surface area contributed by atoms with Crippen LogP contribution in [0.25, 0.3) is 0 Å². The number of hydrogen-bond donors (Lipinski definition) is 1. The highest BCUT2D eigenvalue weighted by atomic mass is 16.5. The highest BCUT2D eigenvalue weighted by Gasteiger charge is 2.21. The fourth-order valence-electron chi connectivity index (χ4n) is 2.57.